The Labute approximate surface area is 145 Å². The van der Waals surface area contributed by atoms with Crippen LogP contribution in [0.2, 0.25) is 0 Å². The van der Waals surface area contributed by atoms with Crippen molar-refractivity contribution < 1.29 is 0 Å². The predicted octanol–water partition coefficient (Wildman–Crippen LogP) is 2.21. The molecule has 2 aromatic heterocycles. The molecular weight excluding hydrogens is 332 g/mol. The SMILES string of the molecule is Cc1sc2nc(CN3CCC4NCCC4C3)[nH]c(=O)c2c1C.Cl. The lowest BCUT2D eigenvalue weighted by molar-refractivity contribution is 0.153. The number of hydrogen-bond acceptors (Lipinski definition) is 5. The van der Waals surface area contributed by atoms with E-state index < -0.39 is 0 Å². The molecule has 2 fully saturated rings. The summed E-state index contributed by atoms with van der Waals surface area (Å²) in [6.45, 7) is 8.16. The summed E-state index contributed by atoms with van der Waals surface area (Å²) in [5.41, 5.74) is 1.08. The summed E-state index contributed by atoms with van der Waals surface area (Å²) in [6.07, 6.45) is 2.47. The Morgan fingerprint density at radius 2 is 2.17 bits per heavy atom. The van der Waals surface area contributed by atoms with Gasteiger partial charge in [0.2, 0.25) is 0 Å². The van der Waals surface area contributed by atoms with Gasteiger partial charge in [0.05, 0.1) is 11.9 Å². The average Bonchev–Trinajstić information content (AvgIpc) is 3.04. The number of rotatable bonds is 2. The Morgan fingerprint density at radius 3 is 3.00 bits per heavy atom. The van der Waals surface area contributed by atoms with Gasteiger partial charge in [-0.05, 0) is 44.7 Å². The van der Waals surface area contributed by atoms with E-state index in [2.05, 4.69) is 22.1 Å². The van der Waals surface area contributed by atoms with Gasteiger partial charge >= 0.3 is 0 Å². The van der Waals surface area contributed by atoms with Crippen LogP contribution in [0.4, 0.5) is 0 Å². The van der Waals surface area contributed by atoms with Gasteiger partial charge in [-0.2, -0.15) is 0 Å². The molecule has 0 spiro atoms. The number of fused-ring (bicyclic) bond motifs is 2. The molecule has 0 saturated carbocycles. The third-order valence-electron chi connectivity index (χ3n) is 5.20. The number of halogens is 1. The summed E-state index contributed by atoms with van der Waals surface area (Å²) in [5.74, 6) is 1.57. The van der Waals surface area contributed by atoms with Crippen molar-refractivity contribution in [3.8, 4) is 0 Å². The number of thiophene rings is 1. The normalized spacial score (nSPS) is 24.6. The Kier molecular flexibility index (Phi) is 4.78. The molecule has 2 unspecified atom stereocenters. The van der Waals surface area contributed by atoms with Crippen molar-refractivity contribution in [3.05, 3.63) is 26.6 Å². The molecule has 2 aromatic rings. The lowest BCUT2D eigenvalue weighted by Gasteiger charge is -2.34. The van der Waals surface area contributed by atoms with E-state index >= 15 is 0 Å². The van der Waals surface area contributed by atoms with Crippen molar-refractivity contribution in [3.63, 3.8) is 0 Å². The molecule has 5 nitrogen and oxygen atoms in total. The van der Waals surface area contributed by atoms with Crippen LogP contribution in [-0.2, 0) is 6.54 Å². The van der Waals surface area contributed by atoms with Gasteiger partial charge in [0.25, 0.3) is 5.56 Å². The van der Waals surface area contributed by atoms with Gasteiger partial charge in [-0.15, -0.1) is 23.7 Å². The van der Waals surface area contributed by atoms with Gasteiger partial charge in [0.1, 0.15) is 10.7 Å². The molecule has 0 aliphatic carbocycles. The maximum Gasteiger partial charge on any atom is 0.259 e. The number of piperidine rings is 1. The van der Waals surface area contributed by atoms with Gasteiger partial charge in [-0.1, -0.05) is 0 Å². The molecule has 2 saturated heterocycles. The van der Waals surface area contributed by atoms with Crippen LogP contribution in [0.15, 0.2) is 4.79 Å². The van der Waals surface area contributed by atoms with E-state index in [1.807, 2.05) is 6.92 Å². The van der Waals surface area contributed by atoms with Gasteiger partial charge < -0.3 is 10.3 Å². The third-order valence-corrected chi connectivity index (χ3v) is 6.30. The lowest BCUT2D eigenvalue weighted by atomic mass is 9.93. The zero-order chi connectivity index (χ0) is 15.3. The fourth-order valence-electron chi connectivity index (χ4n) is 3.85. The van der Waals surface area contributed by atoms with Crippen LogP contribution in [0.25, 0.3) is 10.2 Å². The van der Waals surface area contributed by atoms with E-state index in [0.29, 0.717) is 6.04 Å². The fourth-order valence-corrected chi connectivity index (χ4v) is 4.90. The van der Waals surface area contributed by atoms with Crippen molar-refractivity contribution in [1.82, 2.24) is 20.2 Å². The van der Waals surface area contributed by atoms with Crippen LogP contribution in [0.5, 0.6) is 0 Å². The first-order chi connectivity index (χ1) is 10.6. The molecule has 0 bridgehead atoms. The summed E-state index contributed by atoms with van der Waals surface area (Å²) in [7, 11) is 0. The molecule has 0 radical (unpaired) electrons. The number of nitrogens with one attached hydrogen (secondary N) is 2. The van der Waals surface area contributed by atoms with Crippen LogP contribution < -0.4 is 10.9 Å². The topological polar surface area (TPSA) is 61.0 Å². The summed E-state index contributed by atoms with van der Waals surface area (Å²) >= 11 is 1.62. The number of aromatic amines is 1. The first-order valence-electron chi connectivity index (χ1n) is 8.06. The second-order valence-corrected chi connectivity index (χ2v) is 7.81. The lowest BCUT2D eigenvalue weighted by Crippen LogP contribution is -2.44. The van der Waals surface area contributed by atoms with E-state index in [4.69, 9.17) is 4.98 Å². The zero-order valence-corrected chi connectivity index (χ0v) is 15.1. The standard InChI is InChI=1S/C16H22N4OS.ClH/c1-9-10(2)22-16-14(9)15(21)18-13(19-16)8-20-6-4-12-11(7-20)3-5-17-12;/h11-12,17H,3-8H2,1-2H3,(H,18,19,21);1H. The van der Waals surface area contributed by atoms with Crippen molar-refractivity contribution in [1.29, 1.82) is 0 Å². The maximum absolute atomic E-state index is 12.3. The first-order valence-corrected chi connectivity index (χ1v) is 8.88. The Morgan fingerprint density at radius 1 is 1.35 bits per heavy atom. The molecular formula is C16H23ClN4OS. The van der Waals surface area contributed by atoms with Crippen LogP contribution in [0.1, 0.15) is 29.1 Å². The van der Waals surface area contributed by atoms with E-state index in [1.54, 1.807) is 11.3 Å². The van der Waals surface area contributed by atoms with Crippen LogP contribution in [0.3, 0.4) is 0 Å². The van der Waals surface area contributed by atoms with E-state index in [0.717, 1.165) is 53.7 Å². The van der Waals surface area contributed by atoms with Gasteiger partial charge in [0.15, 0.2) is 0 Å². The number of aryl methyl sites for hydroxylation is 2. The van der Waals surface area contributed by atoms with Gasteiger partial charge in [0, 0.05) is 24.0 Å². The van der Waals surface area contributed by atoms with E-state index in [-0.39, 0.29) is 18.0 Å². The molecule has 4 rings (SSSR count). The maximum atomic E-state index is 12.3. The highest BCUT2D eigenvalue weighted by Crippen LogP contribution is 2.27. The molecule has 2 aliphatic heterocycles. The molecule has 4 heterocycles. The second-order valence-electron chi connectivity index (χ2n) is 6.61. The molecule has 7 heteroatoms. The Balaban J connectivity index is 0.00000156. The van der Waals surface area contributed by atoms with Crippen LogP contribution >= 0.6 is 23.7 Å². The largest absolute Gasteiger partial charge is 0.314 e. The third kappa shape index (κ3) is 3.05. The summed E-state index contributed by atoms with van der Waals surface area (Å²) < 4.78 is 0. The molecule has 0 aromatic carbocycles. The van der Waals surface area contributed by atoms with E-state index in [9.17, 15) is 4.79 Å². The van der Waals surface area contributed by atoms with E-state index in [1.165, 1.54) is 17.7 Å². The first kappa shape index (κ1) is 16.9. The van der Waals surface area contributed by atoms with Crippen molar-refractivity contribution >= 4 is 34.0 Å². The number of aromatic nitrogens is 2. The highest BCUT2D eigenvalue weighted by atomic mass is 35.5. The molecule has 23 heavy (non-hydrogen) atoms. The highest BCUT2D eigenvalue weighted by Gasteiger charge is 2.32. The smallest absolute Gasteiger partial charge is 0.259 e. The average molecular weight is 355 g/mol. The zero-order valence-electron chi connectivity index (χ0n) is 13.5. The van der Waals surface area contributed by atoms with Crippen LogP contribution in [-0.4, -0.2) is 40.5 Å². The van der Waals surface area contributed by atoms with Crippen molar-refractivity contribution in [2.75, 3.05) is 19.6 Å². The minimum Gasteiger partial charge on any atom is -0.314 e. The Hall–Kier alpha value is -0.950. The van der Waals surface area contributed by atoms with Crippen molar-refractivity contribution in [2.24, 2.45) is 5.92 Å². The van der Waals surface area contributed by atoms with Gasteiger partial charge in [-0.25, -0.2) is 4.98 Å². The van der Waals surface area contributed by atoms with Crippen LogP contribution in [0, 0.1) is 19.8 Å². The monoisotopic (exact) mass is 354 g/mol. The number of nitrogens with zero attached hydrogens (tertiary/aromatic N) is 2. The number of likely N-dealkylation sites (tertiary alicyclic amines) is 1. The summed E-state index contributed by atoms with van der Waals surface area (Å²) in [5, 5.41) is 4.36. The molecule has 0 amide bonds. The fraction of sp³-hybridized carbons (Fsp3) is 0.625. The molecule has 2 N–H and O–H groups in total. The molecule has 2 atom stereocenters. The number of hydrogen-bond donors (Lipinski definition) is 2. The summed E-state index contributed by atoms with van der Waals surface area (Å²) in [4.78, 5) is 24.5. The predicted molar refractivity (Wildman–Crippen MR) is 96.8 cm³/mol. The van der Waals surface area contributed by atoms with Gasteiger partial charge in [-0.3, -0.25) is 9.69 Å². The summed E-state index contributed by atoms with van der Waals surface area (Å²) in [6, 6.07) is 0.702. The molecule has 2 aliphatic rings. The minimum atomic E-state index is 0. The highest BCUT2D eigenvalue weighted by molar-refractivity contribution is 7.18. The molecule has 126 valence electrons. The van der Waals surface area contributed by atoms with Crippen molar-refractivity contribution in [2.45, 2.75) is 39.3 Å². The number of H-pyrrole nitrogens is 1. The quantitative estimate of drug-likeness (QED) is 0.868. The Bertz CT molecular complexity index is 771. The minimum absolute atomic E-state index is 0. The second kappa shape index (κ2) is 6.51.